The van der Waals surface area contributed by atoms with Gasteiger partial charge in [0.1, 0.15) is 0 Å². The Morgan fingerprint density at radius 1 is 1.35 bits per heavy atom. The van der Waals surface area contributed by atoms with Gasteiger partial charge in [-0.15, -0.1) is 0 Å². The van der Waals surface area contributed by atoms with E-state index >= 15 is 0 Å². The normalized spacial score (nSPS) is 16.3. The van der Waals surface area contributed by atoms with Gasteiger partial charge in [-0.2, -0.15) is 13.2 Å². The summed E-state index contributed by atoms with van der Waals surface area (Å²) in [5, 5.41) is 3.28. The molecule has 0 spiro atoms. The summed E-state index contributed by atoms with van der Waals surface area (Å²) < 4.78 is 41.0. The maximum Gasteiger partial charge on any atom is 0.416 e. The number of carbonyl (C=O) groups is 1. The van der Waals surface area contributed by atoms with Crippen molar-refractivity contribution in [2.75, 3.05) is 13.1 Å². The summed E-state index contributed by atoms with van der Waals surface area (Å²) in [5.41, 5.74) is 0.742. The van der Waals surface area contributed by atoms with E-state index in [1.54, 1.807) is 23.5 Å². The lowest BCUT2D eigenvalue weighted by atomic mass is 10.0. The zero-order valence-electron chi connectivity index (χ0n) is 14.5. The molecule has 1 aromatic heterocycles. The largest absolute Gasteiger partial charge is 0.416 e. The molecule has 1 fully saturated rings. The number of nitrogens with one attached hydrogen (secondary N) is 1. The van der Waals surface area contributed by atoms with Crippen LogP contribution in [0.5, 0.6) is 0 Å². The molecule has 5 nitrogen and oxygen atoms in total. The minimum Gasteiger partial charge on any atom is -0.341 e. The van der Waals surface area contributed by atoms with Gasteiger partial charge in [-0.05, 0) is 24.1 Å². The molecule has 3 rings (SSSR count). The first-order chi connectivity index (χ1) is 12.3. The molecule has 0 radical (unpaired) electrons. The van der Waals surface area contributed by atoms with Crippen molar-refractivity contribution in [1.82, 2.24) is 19.8 Å². The summed E-state index contributed by atoms with van der Waals surface area (Å²) >= 11 is 0. The average Bonchev–Trinajstić information content (AvgIpc) is 3.19. The number of aromatic nitrogens is 2. The van der Waals surface area contributed by atoms with Gasteiger partial charge in [-0.3, -0.25) is 4.79 Å². The lowest BCUT2D eigenvalue weighted by molar-refractivity contribution is -0.137. The van der Waals surface area contributed by atoms with Crippen LogP contribution in [0.25, 0.3) is 0 Å². The standard InChI is InChI=1S/C18H21F3N4O/c1-24-12-22-9-15(24)10-23-16(11-25-7-3-6-17(25)26)13-4-2-5-14(8-13)18(19,20)21/h2,4-5,8-9,12,16,23H,3,6-7,10-11H2,1H3. The fourth-order valence-corrected chi connectivity index (χ4v) is 3.12. The van der Waals surface area contributed by atoms with E-state index in [9.17, 15) is 18.0 Å². The number of hydrogen-bond donors (Lipinski definition) is 1. The lowest BCUT2D eigenvalue weighted by Crippen LogP contribution is -2.36. The van der Waals surface area contributed by atoms with E-state index in [-0.39, 0.29) is 5.91 Å². The van der Waals surface area contributed by atoms with Crippen LogP contribution in [0.3, 0.4) is 0 Å². The zero-order valence-corrected chi connectivity index (χ0v) is 14.5. The fraction of sp³-hybridized carbons (Fsp3) is 0.444. The summed E-state index contributed by atoms with van der Waals surface area (Å²) in [4.78, 5) is 17.7. The van der Waals surface area contributed by atoms with Crippen LogP contribution in [0.4, 0.5) is 13.2 Å². The molecule has 1 unspecified atom stereocenters. The Morgan fingerprint density at radius 3 is 2.77 bits per heavy atom. The number of halogens is 3. The van der Waals surface area contributed by atoms with E-state index in [0.29, 0.717) is 31.6 Å². The Bertz CT molecular complexity index is 772. The molecule has 140 valence electrons. The van der Waals surface area contributed by atoms with Crippen LogP contribution in [-0.4, -0.2) is 33.4 Å². The zero-order chi connectivity index (χ0) is 18.7. The summed E-state index contributed by atoms with van der Waals surface area (Å²) in [6.07, 6.45) is 0.260. The molecular formula is C18H21F3N4O. The van der Waals surface area contributed by atoms with Crippen molar-refractivity contribution in [2.24, 2.45) is 7.05 Å². The first-order valence-electron chi connectivity index (χ1n) is 8.48. The van der Waals surface area contributed by atoms with E-state index in [2.05, 4.69) is 10.3 Å². The Labute approximate surface area is 149 Å². The third-order valence-electron chi connectivity index (χ3n) is 4.64. The molecule has 1 aromatic carbocycles. The molecular weight excluding hydrogens is 345 g/mol. The molecule has 1 amide bonds. The number of alkyl halides is 3. The molecule has 0 aliphatic carbocycles. The fourth-order valence-electron chi connectivity index (χ4n) is 3.12. The number of carbonyl (C=O) groups excluding carboxylic acids is 1. The van der Waals surface area contributed by atoms with Crippen molar-refractivity contribution < 1.29 is 18.0 Å². The van der Waals surface area contributed by atoms with Crippen molar-refractivity contribution in [3.63, 3.8) is 0 Å². The monoisotopic (exact) mass is 366 g/mol. The van der Waals surface area contributed by atoms with E-state index < -0.39 is 17.8 Å². The summed E-state index contributed by atoms with van der Waals surface area (Å²) in [5.74, 6) is 0.0457. The highest BCUT2D eigenvalue weighted by Crippen LogP contribution is 2.31. The van der Waals surface area contributed by atoms with Crippen LogP contribution in [-0.2, 0) is 24.6 Å². The molecule has 1 aliphatic heterocycles. The van der Waals surface area contributed by atoms with Crippen molar-refractivity contribution in [3.05, 3.63) is 53.6 Å². The van der Waals surface area contributed by atoms with Gasteiger partial charge in [0.15, 0.2) is 0 Å². The Morgan fingerprint density at radius 2 is 2.15 bits per heavy atom. The molecule has 1 atom stereocenters. The molecule has 1 aliphatic rings. The van der Waals surface area contributed by atoms with Crippen molar-refractivity contribution in [2.45, 2.75) is 31.6 Å². The molecule has 8 heteroatoms. The number of aryl methyl sites for hydroxylation is 1. The van der Waals surface area contributed by atoms with E-state index in [4.69, 9.17) is 0 Å². The number of rotatable bonds is 6. The highest BCUT2D eigenvalue weighted by molar-refractivity contribution is 5.78. The van der Waals surface area contributed by atoms with Crippen LogP contribution in [0, 0.1) is 0 Å². The van der Waals surface area contributed by atoms with Crippen molar-refractivity contribution in [3.8, 4) is 0 Å². The van der Waals surface area contributed by atoms with E-state index in [1.807, 2.05) is 11.6 Å². The van der Waals surface area contributed by atoms with E-state index in [0.717, 1.165) is 24.2 Å². The highest BCUT2D eigenvalue weighted by atomic mass is 19.4. The Kier molecular flexibility index (Phi) is 5.31. The first kappa shape index (κ1) is 18.4. The van der Waals surface area contributed by atoms with Crippen LogP contribution < -0.4 is 5.32 Å². The third-order valence-corrected chi connectivity index (χ3v) is 4.64. The third kappa shape index (κ3) is 4.24. The van der Waals surface area contributed by atoms with Gasteiger partial charge < -0.3 is 14.8 Å². The van der Waals surface area contributed by atoms with Crippen LogP contribution >= 0.6 is 0 Å². The summed E-state index contributed by atoms with van der Waals surface area (Å²) in [7, 11) is 1.85. The number of imidazole rings is 1. The maximum absolute atomic E-state index is 13.1. The minimum atomic E-state index is -4.40. The molecule has 2 aromatic rings. The Hall–Kier alpha value is -2.35. The van der Waals surface area contributed by atoms with Crippen LogP contribution in [0.15, 0.2) is 36.8 Å². The lowest BCUT2D eigenvalue weighted by Gasteiger charge is -2.26. The second-order valence-electron chi connectivity index (χ2n) is 6.50. The summed E-state index contributed by atoms with van der Waals surface area (Å²) in [6, 6.07) is 4.89. The van der Waals surface area contributed by atoms with Gasteiger partial charge in [0.2, 0.25) is 5.91 Å². The number of likely N-dealkylation sites (tertiary alicyclic amines) is 1. The maximum atomic E-state index is 13.1. The number of amides is 1. The molecule has 1 N–H and O–H groups in total. The Balaban J connectivity index is 1.82. The number of hydrogen-bond acceptors (Lipinski definition) is 3. The molecule has 1 saturated heterocycles. The quantitative estimate of drug-likeness (QED) is 0.855. The number of benzene rings is 1. The predicted molar refractivity (Wildman–Crippen MR) is 90.0 cm³/mol. The van der Waals surface area contributed by atoms with Gasteiger partial charge in [0, 0.05) is 39.3 Å². The average molecular weight is 366 g/mol. The second kappa shape index (κ2) is 7.49. The van der Waals surface area contributed by atoms with Gasteiger partial charge >= 0.3 is 6.18 Å². The predicted octanol–water partition coefficient (Wildman–Crippen LogP) is 2.89. The smallest absolute Gasteiger partial charge is 0.341 e. The highest BCUT2D eigenvalue weighted by Gasteiger charge is 2.31. The topological polar surface area (TPSA) is 50.2 Å². The van der Waals surface area contributed by atoms with Crippen molar-refractivity contribution >= 4 is 5.91 Å². The van der Waals surface area contributed by atoms with E-state index in [1.165, 1.54) is 6.07 Å². The molecule has 0 saturated carbocycles. The molecule has 0 bridgehead atoms. The first-order valence-corrected chi connectivity index (χ1v) is 8.48. The second-order valence-corrected chi connectivity index (χ2v) is 6.50. The van der Waals surface area contributed by atoms with Gasteiger partial charge in [0.05, 0.1) is 23.6 Å². The van der Waals surface area contributed by atoms with Crippen LogP contribution in [0.2, 0.25) is 0 Å². The van der Waals surface area contributed by atoms with Gasteiger partial charge in [0.25, 0.3) is 0 Å². The summed E-state index contributed by atoms with van der Waals surface area (Å²) in [6.45, 7) is 1.43. The van der Waals surface area contributed by atoms with Crippen molar-refractivity contribution in [1.29, 1.82) is 0 Å². The van der Waals surface area contributed by atoms with Gasteiger partial charge in [-0.25, -0.2) is 4.98 Å². The number of nitrogens with zero attached hydrogens (tertiary/aromatic N) is 3. The molecule has 2 heterocycles. The minimum absolute atomic E-state index is 0.0457. The van der Waals surface area contributed by atoms with Crippen LogP contribution in [0.1, 0.15) is 35.7 Å². The molecule has 26 heavy (non-hydrogen) atoms. The SMILES string of the molecule is Cn1cncc1CNC(CN1CCCC1=O)c1cccc(C(F)(F)F)c1. The van der Waals surface area contributed by atoms with Gasteiger partial charge in [-0.1, -0.05) is 12.1 Å².